The number of rotatable bonds is 3. The highest BCUT2D eigenvalue weighted by molar-refractivity contribution is 6.38. The highest BCUT2D eigenvalue weighted by atomic mass is 35.5. The molecular formula is C16H12Cl3F3N4. The first-order chi connectivity index (χ1) is 11.8. The second-order valence-corrected chi connectivity index (χ2v) is 5.55. The van der Waals surface area contributed by atoms with Gasteiger partial charge in [-0.05, 0) is 29.8 Å². The summed E-state index contributed by atoms with van der Waals surface area (Å²) >= 11 is 11.9. The van der Waals surface area contributed by atoms with E-state index >= 15 is 0 Å². The minimum absolute atomic E-state index is 0. The molecule has 0 atom stereocenters. The minimum Gasteiger partial charge on any atom is -0.266 e. The molecule has 0 bridgehead atoms. The first-order valence-corrected chi connectivity index (χ1v) is 7.56. The molecule has 2 aromatic carbocycles. The summed E-state index contributed by atoms with van der Waals surface area (Å²) in [6.07, 6.45) is -1.99. The van der Waals surface area contributed by atoms with Gasteiger partial charge in [-0.25, -0.2) is 10.4 Å². The average molecular weight is 424 g/mol. The summed E-state index contributed by atoms with van der Waals surface area (Å²) < 4.78 is 37.9. The second kappa shape index (κ2) is 9.56. The highest BCUT2D eigenvalue weighted by Crippen LogP contribution is 2.29. The molecular weight excluding hydrogens is 412 g/mol. The van der Waals surface area contributed by atoms with E-state index in [1.807, 2.05) is 0 Å². The van der Waals surface area contributed by atoms with Gasteiger partial charge in [-0.1, -0.05) is 41.4 Å². The predicted octanol–water partition coefficient (Wildman–Crippen LogP) is 5.41. The Kier molecular flexibility index (Phi) is 8.08. The molecule has 0 saturated carbocycles. The normalized spacial score (nSPS) is 11.6. The maximum absolute atomic E-state index is 12.6. The highest BCUT2D eigenvalue weighted by Gasteiger charge is 2.30. The minimum atomic E-state index is -4.44. The topological polar surface area (TPSA) is 60.6 Å². The zero-order valence-electron chi connectivity index (χ0n) is 12.9. The fourth-order valence-corrected chi connectivity index (χ4v) is 2.25. The van der Waals surface area contributed by atoms with Crippen LogP contribution in [-0.2, 0) is 6.18 Å². The van der Waals surface area contributed by atoms with Gasteiger partial charge in [-0.3, -0.25) is 5.41 Å². The van der Waals surface area contributed by atoms with Gasteiger partial charge in [-0.2, -0.15) is 18.3 Å². The Hall–Kier alpha value is -2.09. The molecule has 2 rings (SSSR count). The lowest BCUT2D eigenvalue weighted by molar-refractivity contribution is -0.137. The van der Waals surface area contributed by atoms with Crippen LogP contribution in [0.3, 0.4) is 0 Å². The first-order valence-electron chi connectivity index (χ1n) is 6.80. The molecule has 0 radical (unpaired) electrons. The van der Waals surface area contributed by atoms with Gasteiger partial charge in [0.25, 0.3) is 0 Å². The third kappa shape index (κ3) is 6.33. The van der Waals surface area contributed by atoms with Crippen molar-refractivity contribution < 1.29 is 13.2 Å². The van der Waals surface area contributed by atoms with Crippen LogP contribution in [0.25, 0.3) is 0 Å². The van der Waals surface area contributed by atoms with E-state index in [0.29, 0.717) is 15.6 Å². The Balaban J connectivity index is 0.00000338. The monoisotopic (exact) mass is 422 g/mol. The van der Waals surface area contributed by atoms with E-state index in [2.05, 4.69) is 15.5 Å². The Morgan fingerprint density at radius 2 is 1.65 bits per heavy atom. The molecule has 0 aromatic heterocycles. The van der Waals surface area contributed by atoms with Crippen LogP contribution in [0.5, 0.6) is 0 Å². The van der Waals surface area contributed by atoms with Gasteiger partial charge in [0.05, 0.1) is 21.8 Å². The quantitative estimate of drug-likeness (QED) is 0.387. The van der Waals surface area contributed by atoms with Crippen molar-refractivity contribution in [2.24, 2.45) is 10.1 Å². The van der Waals surface area contributed by atoms with E-state index in [4.69, 9.17) is 28.6 Å². The molecule has 2 aromatic rings. The largest absolute Gasteiger partial charge is 0.416 e. The lowest BCUT2D eigenvalue weighted by atomic mass is 10.1. The maximum atomic E-state index is 12.6. The Labute approximate surface area is 163 Å². The van der Waals surface area contributed by atoms with Crippen molar-refractivity contribution >= 4 is 54.0 Å². The van der Waals surface area contributed by atoms with Crippen LogP contribution in [0, 0.1) is 5.41 Å². The van der Waals surface area contributed by atoms with E-state index in [0.717, 1.165) is 18.3 Å². The van der Waals surface area contributed by atoms with Gasteiger partial charge in [0, 0.05) is 11.8 Å². The zero-order valence-corrected chi connectivity index (χ0v) is 15.2. The van der Waals surface area contributed by atoms with Crippen LogP contribution in [-0.4, -0.2) is 18.4 Å². The summed E-state index contributed by atoms with van der Waals surface area (Å²) in [6.45, 7) is 0. The van der Waals surface area contributed by atoms with Gasteiger partial charge in [-0.15, -0.1) is 12.4 Å². The number of hydrogen-bond acceptors (Lipinski definition) is 2. The third-order valence-corrected chi connectivity index (χ3v) is 3.58. The number of aliphatic imine (C=N–C) groups is 1. The lowest BCUT2D eigenvalue weighted by Crippen LogP contribution is -2.14. The number of alkyl halides is 3. The van der Waals surface area contributed by atoms with Crippen molar-refractivity contribution in [3.8, 4) is 0 Å². The van der Waals surface area contributed by atoms with Crippen molar-refractivity contribution in [1.82, 2.24) is 5.43 Å². The number of hydrogen-bond donors (Lipinski definition) is 2. The smallest absolute Gasteiger partial charge is 0.266 e. The van der Waals surface area contributed by atoms with Gasteiger partial charge in [0.2, 0.25) is 5.96 Å². The summed E-state index contributed by atoms with van der Waals surface area (Å²) in [5.41, 5.74) is 2.20. The van der Waals surface area contributed by atoms with Crippen molar-refractivity contribution in [3.05, 3.63) is 69.2 Å². The molecule has 26 heavy (non-hydrogen) atoms. The number of nitrogens with one attached hydrogen (secondary N) is 2. The summed E-state index contributed by atoms with van der Waals surface area (Å²) in [4.78, 5) is 3.69. The molecule has 0 aliphatic rings. The van der Waals surface area contributed by atoms with Gasteiger partial charge >= 0.3 is 6.18 Å². The molecule has 0 fully saturated rings. The van der Waals surface area contributed by atoms with Crippen LogP contribution in [0.1, 0.15) is 16.7 Å². The Morgan fingerprint density at radius 1 is 1.04 bits per heavy atom. The van der Waals surface area contributed by atoms with Gasteiger partial charge in [0.15, 0.2) is 0 Å². The Bertz CT molecular complexity index is 815. The van der Waals surface area contributed by atoms with E-state index in [9.17, 15) is 13.2 Å². The molecule has 138 valence electrons. The van der Waals surface area contributed by atoms with E-state index in [1.54, 1.807) is 18.2 Å². The van der Waals surface area contributed by atoms with E-state index in [1.165, 1.54) is 18.3 Å². The molecule has 0 aliphatic carbocycles. The second-order valence-electron chi connectivity index (χ2n) is 4.74. The van der Waals surface area contributed by atoms with Crippen molar-refractivity contribution in [2.75, 3.05) is 0 Å². The summed E-state index contributed by atoms with van der Waals surface area (Å²) in [5.74, 6) is -0.364. The average Bonchev–Trinajstić information content (AvgIpc) is 2.55. The molecule has 0 amide bonds. The van der Waals surface area contributed by atoms with Gasteiger partial charge < -0.3 is 0 Å². The number of hydrazone groups is 1. The molecule has 4 nitrogen and oxygen atoms in total. The molecule has 0 spiro atoms. The third-order valence-electron chi connectivity index (χ3n) is 2.92. The van der Waals surface area contributed by atoms with Crippen LogP contribution >= 0.6 is 35.6 Å². The van der Waals surface area contributed by atoms with Crippen LogP contribution in [0.15, 0.2) is 52.6 Å². The summed E-state index contributed by atoms with van der Waals surface area (Å²) in [7, 11) is 0. The Morgan fingerprint density at radius 3 is 2.27 bits per heavy atom. The van der Waals surface area contributed by atoms with E-state index < -0.39 is 11.7 Å². The molecule has 0 heterocycles. The number of guanidine groups is 1. The maximum Gasteiger partial charge on any atom is 0.416 e. The van der Waals surface area contributed by atoms with Crippen LogP contribution in [0.4, 0.5) is 13.2 Å². The fourth-order valence-electron chi connectivity index (χ4n) is 1.76. The van der Waals surface area contributed by atoms with Gasteiger partial charge in [0.1, 0.15) is 0 Å². The fraction of sp³-hybridized carbons (Fsp3) is 0.0625. The molecule has 0 aliphatic heterocycles. The SMILES string of the molecule is Cl.N=C(/N=C\c1cccc(C(F)(F)F)c1)N/N=C/c1c(Cl)cccc1Cl. The molecule has 0 unspecified atom stereocenters. The van der Waals surface area contributed by atoms with Crippen molar-refractivity contribution in [1.29, 1.82) is 5.41 Å². The summed E-state index contributed by atoms with van der Waals surface area (Å²) in [6, 6.07) is 9.54. The number of halogens is 6. The zero-order chi connectivity index (χ0) is 18.4. The van der Waals surface area contributed by atoms with Crippen LogP contribution < -0.4 is 5.43 Å². The van der Waals surface area contributed by atoms with Crippen LogP contribution in [0.2, 0.25) is 10.0 Å². The first kappa shape index (κ1) is 22.0. The lowest BCUT2D eigenvalue weighted by Gasteiger charge is -2.06. The number of nitrogens with zero attached hydrogens (tertiary/aromatic N) is 2. The number of benzene rings is 2. The predicted molar refractivity (Wildman–Crippen MR) is 101 cm³/mol. The van der Waals surface area contributed by atoms with Crippen molar-refractivity contribution in [3.63, 3.8) is 0 Å². The standard InChI is InChI=1S/C16H11Cl2F3N4.ClH/c17-13-5-2-6-14(18)12(13)9-24-25-15(22)23-8-10-3-1-4-11(7-10)16(19,20)21;/h1-9H,(H2,22,25);1H/b23-8-,24-9+;. The molecule has 10 heteroatoms. The van der Waals surface area contributed by atoms with E-state index in [-0.39, 0.29) is 23.9 Å². The molecule has 2 N–H and O–H groups in total. The molecule has 0 saturated heterocycles. The summed E-state index contributed by atoms with van der Waals surface area (Å²) in [5, 5.41) is 12.1. The van der Waals surface area contributed by atoms with Crippen molar-refractivity contribution in [2.45, 2.75) is 6.18 Å².